The second-order valence-electron chi connectivity index (χ2n) is 20.7. The molecule has 0 amide bonds. The van der Waals surface area contributed by atoms with E-state index in [1.165, 1.54) is 33.4 Å². The summed E-state index contributed by atoms with van der Waals surface area (Å²) < 4.78 is 0. The molecule has 0 bridgehead atoms. The van der Waals surface area contributed by atoms with E-state index < -0.39 is 5.60 Å². The van der Waals surface area contributed by atoms with E-state index in [1.54, 1.807) is 12.4 Å². The van der Waals surface area contributed by atoms with Crippen LogP contribution in [0.15, 0.2) is 134 Å². The Hall–Kier alpha value is -5.85. The lowest BCUT2D eigenvalue weighted by molar-refractivity contribution is -0.123. The molecular formula is C61H66N2O4. The molecule has 1 N–H and O–H groups in total. The summed E-state index contributed by atoms with van der Waals surface area (Å²) in [7, 11) is 0. The van der Waals surface area contributed by atoms with E-state index >= 15 is 0 Å². The van der Waals surface area contributed by atoms with E-state index in [4.69, 9.17) is 0 Å². The normalized spacial score (nSPS) is 24.3. The minimum Gasteiger partial charge on any atom is -0.390 e. The van der Waals surface area contributed by atoms with Gasteiger partial charge < -0.3 is 5.11 Å². The van der Waals surface area contributed by atoms with Crippen LogP contribution in [0, 0.1) is 25.7 Å². The Bertz CT molecular complexity index is 2740. The van der Waals surface area contributed by atoms with Gasteiger partial charge in [0, 0.05) is 71.4 Å². The fraction of sp³-hybridized carbons (Fsp3) is 0.393. The first kappa shape index (κ1) is 46.3. The van der Waals surface area contributed by atoms with Gasteiger partial charge in [-0.1, -0.05) is 97.1 Å². The number of hydrogen-bond acceptors (Lipinski definition) is 6. The summed E-state index contributed by atoms with van der Waals surface area (Å²) in [4.78, 5) is 47.5. The van der Waals surface area contributed by atoms with Crippen LogP contribution in [0.4, 0.5) is 0 Å². The third-order valence-corrected chi connectivity index (χ3v) is 16.3. The Labute approximate surface area is 397 Å². The van der Waals surface area contributed by atoms with E-state index in [-0.39, 0.29) is 22.4 Å². The van der Waals surface area contributed by atoms with Crippen molar-refractivity contribution in [3.8, 4) is 0 Å². The van der Waals surface area contributed by atoms with Gasteiger partial charge in [0.2, 0.25) is 0 Å². The SMILES string of the molecule is Cc1ncccc1CC(=O)c1ccc2c(c1)CCC[C@H]1CC(=O)CC[C@@]21Cc1ccccc1.Cc1ncccc1CC(=O)c1ccc2c(c1)CCC[C@H]1C[C@](C)(O)CC[C@@]21Cc1ccccc1. The van der Waals surface area contributed by atoms with Crippen LogP contribution in [-0.4, -0.2) is 38.0 Å². The van der Waals surface area contributed by atoms with Crippen LogP contribution in [0.3, 0.4) is 0 Å². The third kappa shape index (κ3) is 10.1. The van der Waals surface area contributed by atoms with Crippen molar-refractivity contribution in [2.45, 2.75) is 140 Å². The lowest BCUT2D eigenvalue weighted by atomic mass is 9.56. The summed E-state index contributed by atoms with van der Waals surface area (Å²) in [6.45, 7) is 5.93. The molecule has 0 spiro atoms. The van der Waals surface area contributed by atoms with Crippen molar-refractivity contribution >= 4 is 17.3 Å². The van der Waals surface area contributed by atoms with Gasteiger partial charge in [0.15, 0.2) is 11.6 Å². The molecule has 6 heteroatoms. The Morgan fingerprint density at radius 3 is 1.60 bits per heavy atom. The van der Waals surface area contributed by atoms with Crippen molar-refractivity contribution in [2.24, 2.45) is 11.8 Å². The van der Waals surface area contributed by atoms with Crippen LogP contribution in [0.25, 0.3) is 0 Å². The molecule has 2 aromatic heterocycles. The number of aryl methyl sites for hydroxylation is 4. The lowest BCUT2D eigenvalue weighted by Gasteiger charge is -2.49. The van der Waals surface area contributed by atoms with Gasteiger partial charge in [-0.2, -0.15) is 0 Å². The number of hydrogen-bond donors (Lipinski definition) is 1. The summed E-state index contributed by atoms with van der Waals surface area (Å²) in [6, 6.07) is 42.1. The highest BCUT2D eigenvalue weighted by atomic mass is 16.3. The van der Waals surface area contributed by atoms with Crippen LogP contribution in [-0.2, 0) is 54.1 Å². The smallest absolute Gasteiger partial charge is 0.167 e. The molecule has 5 atom stereocenters. The summed E-state index contributed by atoms with van der Waals surface area (Å²) >= 11 is 0. The van der Waals surface area contributed by atoms with E-state index in [2.05, 4.69) is 101 Å². The average molecular weight is 891 g/mol. The van der Waals surface area contributed by atoms with Gasteiger partial charge in [-0.3, -0.25) is 24.4 Å². The molecule has 344 valence electrons. The second kappa shape index (κ2) is 19.8. The molecule has 4 aliphatic rings. The predicted molar refractivity (Wildman–Crippen MR) is 267 cm³/mol. The molecule has 2 fully saturated rings. The Kier molecular flexibility index (Phi) is 13.7. The maximum Gasteiger partial charge on any atom is 0.167 e. The van der Waals surface area contributed by atoms with Crippen LogP contribution in [0.2, 0.25) is 0 Å². The van der Waals surface area contributed by atoms with E-state index in [0.29, 0.717) is 43.3 Å². The number of carbonyl (C=O) groups excluding carboxylic acids is 3. The van der Waals surface area contributed by atoms with Crippen molar-refractivity contribution in [2.75, 3.05) is 0 Å². The van der Waals surface area contributed by atoms with Gasteiger partial charge in [-0.25, -0.2) is 0 Å². The molecule has 6 aromatic rings. The van der Waals surface area contributed by atoms with E-state index in [0.717, 1.165) is 111 Å². The number of aromatic nitrogens is 2. The monoisotopic (exact) mass is 891 g/mol. The highest BCUT2D eigenvalue weighted by Gasteiger charge is 2.50. The first-order valence-electron chi connectivity index (χ1n) is 24.9. The molecule has 10 rings (SSSR count). The van der Waals surface area contributed by atoms with Crippen LogP contribution in [0.5, 0.6) is 0 Å². The number of carbonyl (C=O) groups is 3. The predicted octanol–water partition coefficient (Wildman–Crippen LogP) is 12.2. The van der Waals surface area contributed by atoms with Crippen molar-refractivity contribution < 1.29 is 19.5 Å². The highest BCUT2D eigenvalue weighted by Crippen LogP contribution is 2.54. The van der Waals surface area contributed by atoms with Gasteiger partial charge in [-0.05, 0) is 178 Å². The lowest BCUT2D eigenvalue weighted by Crippen LogP contribution is -2.47. The quantitative estimate of drug-likeness (QED) is 0.138. The molecule has 2 saturated carbocycles. The zero-order chi connectivity index (χ0) is 46.6. The fourth-order valence-electron chi connectivity index (χ4n) is 12.7. The summed E-state index contributed by atoms with van der Waals surface area (Å²) in [5.74, 6) is 1.52. The standard InChI is InChI=1S/C31H35NO2.C30H31NO2/c1-22-24(11-7-17-32-22)19-29(33)26-13-14-28-25(18-26)10-6-12-27-21-30(2,34)15-16-31(27,28)20-23-8-4-3-5-9-23;1-21-23(10-6-16-31-21)18-29(33)25-12-13-28-24(17-25)9-5-11-26-19-27(32)14-15-30(26,28)20-22-7-3-2-4-8-22/h3-5,7-9,11,13-14,17-18,27,34H,6,10,12,15-16,19-21H2,1-2H3;2-4,6-8,10,12-13,16-17,26H,5,9,11,14-15,18-20H2,1H3/t27-,30+,31-;26-,30-/m00/s1. The molecule has 4 aliphatic carbocycles. The Morgan fingerprint density at radius 1 is 0.597 bits per heavy atom. The summed E-state index contributed by atoms with van der Waals surface area (Å²) in [5, 5.41) is 11.0. The molecule has 4 aromatic carbocycles. The number of rotatable bonds is 10. The average Bonchev–Trinajstić information content (AvgIpc) is 3.58. The molecule has 0 radical (unpaired) electrons. The summed E-state index contributed by atoms with van der Waals surface area (Å²) in [6.07, 6.45) is 17.5. The maximum absolute atomic E-state index is 13.2. The van der Waals surface area contributed by atoms with Crippen molar-refractivity contribution in [3.05, 3.63) is 201 Å². The number of nitrogens with zero attached hydrogens (tertiary/aromatic N) is 2. The zero-order valence-corrected chi connectivity index (χ0v) is 39.7. The third-order valence-electron chi connectivity index (χ3n) is 16.3. The van der Waals surface area contributed by atoms with Crippen molar-refractivity contribution in [1.29, 1.82) is 0 Å². The number of pyridine rings is 2. The van der Waals surface area contributed by atoms with E-state index in [1.807, 2.05) is 51.1 Å². The minimum absolute atomic E-state index is 0.0109. The van der Waals surface area contributed by atoms with Crippen LogP contribution >= 0.6 is 0 Å². The molecule has 6 nitrogen and oxygen atoms in total. The van der Waals surface area contributed by atoms with Crippen LogP contribution < -0.4 is 0 Å². The molecule has 0 unspecified atom stereocenters. The number of benzene rings is 4. The number of ketones is 3. The molecule has 2 heterocycles. The number of fused-ring (bicyclic) bond motifs is 6. The Balaban J connectivity index is 0.000000168. The summed E-state index contributed by atoms with van der Waals surface area (Å²) in [5.41, 5.74) is 12.9. The van der Waals surface area contributed by atoms with Gasteiger partial charge in [-0.15, -0.1) is 0 Å². The van der Waals surface area contributed by atoms with E-state index in [9.17, 15) is 19.5 Å². The molecular weight excluding hydrogens is 825 g/mol. The first-order chi connectivity index (χ1) is 32.4. The topological polar surface area (TPSA) is 97.2 Å². The second-order valence-corrected chi connectivity index (χ2v) is 20.7. The van der Waals surface area contributed by atoms with Gasteiger partial charge in [0.1, 0.15) is 5.78 Å². The van der Waals surface area contributed by atoms with Gasteiger partial charge in [0.05, 0.1) is 5.60 Å². The van der Waals surface area contributed by atoms with Gasteiger partial charge in [0.25, 0.3) is 0 Å². The highest BCUT2D eigenvalue weighted by molar-refractivity contribution is 5.98. The van der Waals surface area contributed by atoms with Crippen molar-refractivity contribution in [1.82, 2.24) is 9.97 Å². The first-order valence-corrected chi connectivity index (χ1v) is 24.9. The largest absolute Gasteiger partial charge is 0.390 e. The zero-order valence-electron chi connectivity index (χ0n) is 39.7. The number of Topliss-reactive ketones (excluding diaryl/α,β-unsaturated/α-hetero) is 3. The maximum atomic E-state index is 13.2. The number of aliphatic hydroxyl groups is 1. The fourth-order valence-corrected chi connectivity index (χ4v) is 12.7. The minimum atomic E-state index is -0.590. The van der Waals surface area contributed by atoms with Crippen molar-refractivity contribution in [3.63, 3.8) is 0 Å². The van der Waals surface area contributed by atoms with Gasteiger partial charge >= 0.3 is 0 Å². The molecule has 0 aliphatic heterocycles. The molecule has 67 heavy (non-hydrogen) atoms. The van der Waals surface area contributed by atoms with Crippen LogP contribution in [0.1, 0.15) is 148 Å². The Morgan fingerprint density at radius 2 is 1.09 bits per heavy atom. The molecule has 0 saturated heterocycles.